The molecule has 0 amide bonds. The van der Waals surface area contributed by atoms with Gasteiger partial charge in [-0.15, -0.1) is 24.8 Å². The van der Waals surface area contributed by atoms with Gasteiger partial charge in [0.15, 0.2) is 0 Å². The molecule has 0 rings (SSSR count). The smallest absolute Gasteiger partial charge is 0.00519 e. The molecule has 0 aliphatic heterocycles. The van der Waals surface area contributed by atoms with Crippen LogP contribution >= 0.6 is 24.8 Å². The number of hydrogen-bond donors (Lipinski definition) is 2. The van der Waals surface area contributed by atoms with Crippen molar-refractivity contribution in [1.82, 2.24) is 11.5 Å². The van der Waals surface area contributed by atoms with E-state index in [9.17, 15) is 0 Å². The zero-order chi connectivity index (χ0) is 5.54. The maximum absolute atomic E-state index is 3.10. The van der Waals surface area contributed by atoms with Gasteiger partial charge in [0.2, 0.25) is 0 Å². The molecule has 0 aliphatic rings. The summed E-state index contributed by atoms with van der Waals surface area (Å²) in [4.78, 5) is 0. The third-order valence-corrected chi connectivity index (χ3v) is 1.03. The van der Waals surface area contributed by atoms with Crippen molar-refractivity contribution < 1.29 is 0 Å². The molecular weight excluding hydrogens is 171 g/mol. The second-order valence-corrected chi connectivity index (χ2v) is 1.81. The van der Waals surface area contributed by atoms with E-state index in [0.717, 1.165) is 0 Å². The molecule has 0 saturated heterocycles. The van der Waals surface area contributed by atoms with Gasteiger partial charge in [-0.2, -0.15) is 0 Å². The number of unbranched alkanes of at least 4 members (excludes halogenated alkanes) is 2. The summed E-state index contributed by atoms with van der Waals surface area (Å²) in [5.41, 5.74) is 0. The minimum absolute atomic E-state index is 0. The van der Waals surface area contributed by atoms with E-state index in [4.69, 9.17) is 0 Å². The average molecular weight is 191 g/mol. The Hall–Kier alpha value is 0.500. The Kier molecular flexibility index (Phi) is 50.9. The van der Waals surface area contributed by atoms with E-state index in [2.05, 4.69) is 12.2 Å². The Morgan fingerprint density at radius 2 is 1.60 bits per heavy atom. The Balaban J connectivity index is -0.0000000600. The minimum atomic E-state index is 0. The van der Waals surface area contributed by atoms with Gasteiger partial charge in [-0.1, -0.05) is 19.8 Å². The van der Waals surface area contributed by atoms with Crippen LogP contribution in [0, 0.1) is 0 Å². The number of halogens is 2. The normalized spacial score (nSPS) is 6.60. The van der Waals surface area contributed by atoms with Gasteiger partial charge in [-0.3, -0.25) is 0 Å². The van der Waals surface area contributed by atoms with E-state index in [1.54, 1.807) is 0 Å². The lowest BCUT2D eigenvalue weighted by molar-refractivity contribution is 0.667. The van der Waals surface area contributed by atoms with Crippen LogP contribution in [0.5, 0.6) is 0 Å². The lowest BCUT2D eigenvalue weighted by Gasteiger charge is -1.93. The van der Waals surface area contributed by atoms with Crippen molar-refractivity contribution in [3.8, 4) is 0 Å². The molecule has 0 aromatic heterocycles. The molecule has 0 unspecified atom stereocenters. The fourth-order valence-corrected chi connectivity index (χ4v) is 0.552. The Morgan fingerprint density at radius 1 is 1.10 bits per heavy atom. The van der Waals surface area contributed by atoms with Crippen LogP contribution in [0.15, 0.2) is 0 Å². The van der Waals surface area contributed by atoms with Gasteiger partial charge in [0.25, 0.3) is 0 Å². The lowest BCUT2D eigenvalue weighted by atomic mass is 10.2. The number of hydrogen-bond acceptors (Lipinski definition) is 2. The van der Waals surface area contributed by atoms with Crippen molar-refractivity contribution in [3.05, 3.63) is 0 Å². The molecule has 0 atom stereocenters. The first-order valence-corrected chi connectivity index (χ1v) is 3.06. The Bertz CT molecular complexity index is 32.9. The summed E-state index contributed by atoms with van der Waals surface area (Å²) < 4.78 is 0. The van der Waals surface area contributed by atoms with Gasteiger partial charge in [-0.05, 0) is 20.0 Å². The van der Waals surface area contributed by atoms with Crippen molar-refractivity contribution in [1.29, 1.82) is 0 Å². The van der Waals surface area contributed by atoms with Crippen molar-refractivity contribution in [2.75, 3.05) is 13.6 Å². The molecule has 0 bridgehead atoms. The molecular formula is C6H20Cl2N2. The zero-order valence-electron chi connectivity index (χ0n) is 6.85. The summed E-state index contributed by atoms with van der Waals surface area (Å²) in [6.07, 6.45) is 4.01. The van der Waals surface area contributed by atoms with E-state index < -0.39 is 0 Å². The van der Waals surface area contributed by atoms with Gasteiger partial charge in [0.05, 0.1) is 0 Å². The van der Waals surface area contributed by atoms with Gasteiger partial charge in [-0.25, -0.2) is 0 Å². The molecule has 0 aromatic carbocycles. The van der Waals surface area contributed by atoms with Crippen molar-refractivity contribution >= 4 is 24.8 Å². The topological polar surface area (TPSA) is 47.0 Å². The maximum atomic E-state index is 3.10. The molecule has 0 aliphatic carbocycles. The standard InChI is InChI=1S/C6H15N.2ClH.H3N/c1-3-4-5-6-7-2;;;/h7H,3-6H2,1-2H3;2*1H;1H3. The van der Waals surface area contributed by atoms with Crippen molar-refractivity contribution in [3.63, 3.8) is 0 Å². The van der Waals surface area contributed by atoms with Crippen molar-refractivity contribution in [2.24, 2.45) is 0 Å². The second-order valence-electron chi connectivity index (χ2n) is 1.81. The summed E-state index contributed by atoms with van der Waals surface area (Å²) in [6, 6.07) is 0. The highest BCUT2D eigenvalue weighted by atomic mass is 35.5. The SMILES string of the molecule is CCCCCNC.Cl.Cl.N. The molecule has 0 saturated carbocycles. The quantitative estimate of drug-likeness (QED) is 0.670. The highest BCUT2D eigenvalue weighted by Gasteiger charge is 1.78. The highest BCUT2D eigenvalue weighted by Crippen LogP contribution is 1.89. The molecule has 0 fully saturated rings. The summed E-state index contributed by atoms with van der Waals surface area (Å²) in [7, 11) is 2.00. The van der Waals surface area contributed by atoms with E-state index in [-0.39, 0.29) is 31.0 Å². The molecule has 0 aromatic rings. The largest absolute Gasteiger partial charge is 0.344 e. The fourth-order valence-electron chi connectivity index (χ4n) is 0.552. The van der Waals surface area contributed by atoms with Crippen molar-refractivity contribution in [2.45, 2.75) is 26.2 Å². The van der Waals surface area contributed by atoms with Crippen LogP contribution in [0.1, 0.15) is 26.2 Å². The monoisotopic (exact) mass is 190 g/mol. The van der Waals surface area contributed by atoms with Crippen LogP contribution in [-0.4, -0.2) is 13.6 Å². The highest BCUT2D eigenvalue weighted by molar-refractivity contribution is 5.85. The van der Waals surface area contributed by atoms with E-state index in [0.29, 0.717) is 0 Å². The third-order valence-electron chi connectivity index (χ3n) is 1.03. The summed E-state index contributed by atoms with van der Waals surface area (Å²) >= 11 is 0. The maximum Gasteiger partial charge on any atom is -0.00519 e. The number of nitrogens with one attached hydrogen (secondary N) is 1. The molecule has 2 nitrogen and oxygen atoms in total. The molecule has 4 heteroatoms. The second kappa shape index (κ2) is 22.7. The first-order chi connectivity index (χ1) is 3.41. The summed E-state index contributed by atoms with van der Waals surface area (Å²) in [5, 5.41) is 3.10. The van der Waals surface area contributed by atoms with Crippen LogP contribution in [0.25, 0.3) is 0 Å². The summed E-state index contributed by atoms with van der Waals surface area (Å²) in [6.45, 7) is 3.39. The number of rotatable bonds is 4. The molecule has 4 N–H and O–H groups in total. The average Bonchev–Trinajstić information content (AvgIpc) is 1.69. The third kappa shape index (κ3) is 23.6. The Labute approximate surface area is 76.6 Å². The predicted octanol–water partition coefficient (Wildman–Crippen LogP) is 2.40. The first-order valence-electron chi connectivity index (χ1n) is 3.06. The van der Waals surface area contributed by atoms with Gasteiger partial charge < -0.3 is 11.5 Å². The molecule has 0 radical (unpaired) electrons. The minimum Gasteiger partial charge on any atom is -0.344 e. The Morgan fingerprint density at radius 3 is 1.90 bits per heavy atom. The van der Waals surface area contributed by atoms with Crippen LogP contribution in [0.2, 0.25) is 0 Å². The molecule has 0 heterocycles. The summed E-state index contributed by atoms with van der Waals surface area (Å²) in [5.74, 6) is 0. The van der Waals surface area contributed by atoms with Crippen LogP contribution in [0.4, 0.5) is 0 Å². The van der Waals surface area contributed by atoms with Gasteiger partial charge in [0, 0.05) is 0 Å². The molecule has 0 spiro atoms. The fraction of sp³-hybridized carbons (Fsp3) is 1.00. The van der Waals surface area contributed by atoms with Crippen LogP contribution in [-0.2, 0) is 0 Å². The van der Waals surface area contributed by atoms with Crippen LogP contribution < -0.4 is 11.5 Å². The van der Waals surface area contributed by atoms with E-state index >= 15 is 0 Å². The molecule has 10 heavy (non-hydrogen) atoms. The van der Waals surface area contributed by atoms with E-state index in [1.165, 1.54) is 25.8 Å². The predicted molar refractivity (Wildman–Crippen MR) is 53.0 cm³/mol. The van der Waals surface area contributed by atoms with Crippen LogP contribution in [0.3, 0.4) is 0 Å². The first kappa shape index (κ1) is 22.4. The molecule has 68 valence electrons. The van der Waals surface area contributed by atoms with Gasteiger partial charge >= 0.3 is 0 Å². The van der Waals surface area contributed by atoms with Gasteiger partial charge in [0.1, 0.15) is 0 Å². The lowest BCUT2D eigenvalue weighted by Crippen LogP contribution is -2.06. The zero-order valence-corrected chi connectivity index (χ0v) is 8.49. The van der Waals surface area contributed by atoms with E-state index in [1.807, 2.05) is 7.05 Å².